The molecule has 1 aromatic rings. The number of hydrogen-bond acceptors (Lipinski definition) is 5. The maximum absolute atomic E-state index is 12.9. The molecule has 2 rings (SSSR count). The number of amides is 3. The largest absolute Gasteiger partial charge is 0.496 e. The number of aryl methyl sites for hydroxylation is 1. The van der Waals surface area contributed by atoms with Gasteiger partial charge in [-0.05, 0) is 43.0 Å². The highest BCUT2D eigenvalue weighted by Gasteiger charge is 2.51. The van der Waals surface area contributed by atoms with Crippen molar-refractivity contribution >= 4 is 17.9 Å². The third-order valence-electron chi connectivity index (χ3n) is 4.35. The van der Waals surface area contributed by atoms with E-state index in [1.807, 2.05) is 26.8 Å². The summed E-state index contributed by atoms with van der Waals surface area (Å²) in [6.07, 6.45) is 1.04. The van der Waals surface area contributed by atoms with Crippen molar-refractivity contribution in [3.63, 3.8) is 0 Å². The highest BCUT2D eigenvalue weighted by atomic mass is 16.5. The maximum Gasteiger partial charge on any atom is 0.326 e. The summed E-state index contributed by atoms with van der Waals surface area (Å²) < 4.78 is 10.2. The third kappa shape index (κ3) is 3.45. The van der Waals surface area contributed by atoms with Gasteiger partial charge in [0.15, 0.2) is 0 Å². The minimum absolute atomic E-state index is 0.263. The molecular formula is C18H24N2O5. The van der Waals surface area contributed by atoms with Gasteiger partial charge in [0.1, 0.15) is 17.8 Å². The average Bonchev–Trinajstić information content (AvgIpc) is 2.85. The molecule has 1 atom stereocenters. The number of rotatable bonds is 7. The molecule has 0 spiro atoms. The van der Waals surface area contributed by atoms with Crippen LogP contribution in [0.5, 0.6) is 5.75 Å². The zero-order chi connectivity index (χ0) is 18.6. The number of nitrogens with zero attached hydrogens (tertiary/aromatic N) is 1. The second-order valence-corrected chi connectivity index (χ2v) is 5.99. The van der Waals surface area contributed by atoms with Gasteiger partial charge in [0.25, 0.3) is 5.91 Å². The number of nitrogens with one attached hydrogen (secondary N) is 1. The lowest BCUT2D eigenvalue weighted by Gasteiger charge is -2.26. The van der Waals surface area contributed by atoms with Crippen LogP contribution in [-0.4, -0.2) is 43.1 Å². The first kappa shape index (κ1) is 18.8. The van der Waals surface area contributed by atoms with Crippen LogP contribution in [0.1, 0.15) is 37.8 Å². The predicted molar refractivity (Wildman–Crippen MR) is 91.2 cm³/mol. The molecule has 0 radical (unpaired) electrons. The molecule has 1 fully saturated rings. The number of urea groups is 1. The lowest BCUT2D eigenvalue weighted by Crippen LogP contribution is -2.44. The van der Waals surface area contributed by atoms with E-state index in [9.17, 15) is 14.4 Å². The Morgan fingerprint density at radius 1 is 1.28 bits per heavy atom. The molecule has 1 saturated heterocycles. The third-order valence-corrected chi connectivity index (χ3v) is 4.35. The summed E-state index contributed by atoms with van der Waals surface area (Å²) in [7, 11) is 1.57. The highest BCUT2D eigenvalue weighted by molar-refractivity contribution is 6.09. The minimum Gasteiger partial charge on any atom is -0.496 e. The summed E-state index contributed by atoms with van der Waals surface area (Å²) in [6, 6.07) is 4.75. The molecule has 0 aliphatic carbocycles. The Morgan fingerprint density at radius 3 is 2.56 bits per heavy atom. The Hall–Kier alpha value is -2.57. The smallest absolute Gasteiger partial charge is 0.326 e. The van der Waals surface area contributed by atoms with E-state index in [0.29, 0.717) is 24.2 Å². The molecule has 7 heteroatoms. The number of methoxy groups -OCH3 is 1. The standard InChI is InChI=1S/C18H24N2O5/c1-5-9-25-15(21)11-20-16(22)18(6-2,19-17(20)23)13-7-8-14(24-4)12(3)10-13/h7-8,10H,5-6,9,11H2,1-4H3,(H,19,23). The van der Waals surface area contributed by atoms with Crippen LogP contribution in [0.25, 0.3) is 0 Å². The van der Waals surface area contributed by atoms with Crippen molar-refractivity contribution in [1.29, 1.82) is 0 Å². The Bertz CT molecular complexity index is 688. The molecule has 1 aliphatic rings. The Balaban J connectivity index is 2.30. The Kier molecular flexibility index (Phi) is 5.66. The first-order chi connectivity index (χ1) is 11.9. The van der Waals surface area contributed by atoms with Gasteiger partial charge in [-0.1, -0.05) is 19.9 Å². The lowest BCUT2D eigenvalue weighted by atomic mass is 9.86. The van der Waals surface area contributed by atoms with Crippen molar-refractivity contribution in [1.82, 2.24) is 10.2 Å². The molecule has 1 N–H and O–H groups in total. The van der Waals surface area contributed by atoms with Gasteiger partial charge in [-0.3, -0.25) is 14.5 Å². The fourth-order valence-corrected chi connectivity index (χ4v) is 2.94. The minimum atomic E-state index is -1.18. The summed E-state index contributed by atoms with van der Waals surface area (Å²) in [4.78, 5) is 38.0. The number of carbonyl (C=O) groups excluding carboxylic acids is 3. The normalized spacial score (nSPS) is 19.8. The van der Waals surface area contributed by atoms with Gasteiger partial charge in [-0.2, -0.15) is 0 Å². The average molecular weight is 348 g/mol. The molecule has 1 heterocycles. The van der Waals surface area contributed by atoms with E-state index >= 15 is 0 Å². The fourth-order valence-electron chi connectivity index (χ4n) is 2.94. The molecule has 7 nitrogen and oxygen atoms in total. The Labute approximate surface area is 147 Å². The summed E-state index contributed by atoms with van der Waals surface area (Å²) in [5.74, 6) is -0.340. The quantitative estimate of drug-likeness (QED) is 0.603. The zero-order valence-electron chi connectivity index (χ0n) is 15.0. The number of hydrogen-bond donors (Lipinski definition) is 1. The van der Waals surface area contributed by atoms with Crippen LogP contribution in [0, 0.1) is 6.92 Å². The molecule has 1 aromatic carbocycles. The molecule has 1 unspecified atom stereocenters. The van der Waals surface area contributed by atoms with Crippen molar-refractivity contribution in [3.8, 4) is 5.75 Å². The van der Waals surface area contributed by atoms with Crippen molar-refractivity contribution in [3.05, 3.63) is 29.3 Å². The van der Waals surface area contributed by atoms with E-state index in [1.165, 1.54) is 0 Å². The molecule has 25 heavy (non-hydrogen) atoms. The van der Waals surface area contributed by atoms with Gasteiger partial charge >= 0.3 is 12.0 Å². The maximum atomic E-state index is 12.9. The van der Waals surface area contributed by atoms with Crippen molar-refractivity contribution in [2.24, 2.45) is 0 Å². The topological polar surface area (TPSA) is 84.9 Å². The van der Waals surface area contributed by atoms with E-state index in [2.05, 4.69) is 5.32 Å². The monoisotopic (exact) mass is 348 g/mol. The summed E-state index contributed by atoms with van der Waals surface area (Å²) in [6.45, 7) is 5.43. The van der Waals surface area contributed by atoms with Gasteiger partial charge in [0.2, 0.25) is 0 Å². The second-order valence-electron chi connectivity index (χ2n) is 5.99. The van der Waals surface area contributed by atoms with Crippen molar-refractivity contribution in [2.45, 2.75) is 39.2 Å². The van der Waals surface area contributed by atoms with E-state index in [1.54, 1.807) is 19.2 Å². The fraction of sp³-hybridized carbons (Fsp3) is 0.500. The number of imide groups is 1. The van der Waals surface area contributed by atoms with Crippen LogP contribution >= 0.6 is 0 Å². The van der Waals surface area contributed by atoms with Gasteiger partial charge in [0, 0.05) is 0 Å². The van der Waals surface area contributed by atoms with Crippen molar-refractivity contribution in [2.75, 3.05) is 20.3 Å². The molecular weight excluding hydrogens is 324 g/mol. The summed E-state index contributed by atoms with van der Waals surface area (Å²) >= 11 is 0. The summed E-state index contributed by atoms with van der Waals surface area (Å²) in [5.41, 5.74) is 0.339. The van der Waals surface area contributed by atoms with E-state index in [4.69, 9.17) is 9.47 Å². The number of ether oxygens (including phenoxy) is 2. The van der Waals surface area contributed by atoms with Gasteiger partial charge in [-0.25, -0.2) is 4.79 Å². The van der Waals surface area contributed by atoms with Gasteiger partial charge < -0.3 is 14.8 Å². The van der Waals surface area contributed by atoms with Gasteiger partial charge in [-0.15, -0.1) is 0 Å². The summed E-state index contributed by atoms with van der Waals surface area (Å²) in [5, 5.41) is 2.75. The van der Waals surface area contributed by atoms with Crippen LogP contribution in [0.15, 0.2) is 18.2 Å². The van der Waals surface area contributed by atoms with Crippen molar-refractivity contribution < 1.29 is 23.9 Å². The molecule has 136 valence electrons. The number of carbonyl (C=O) groups is 3. The van der Waals surface area contributed by atoms with Gasteiger partial charge in [0.05, 0.1) is 13.7 Å². The molecule has 0 saturated carbocycles. The first-order valence-electron chi connectivity index (χ1n) is 8.34. The SMILES string of the molecule is CCCOC(=O)CN1C(=O)NC(CC)(c2ccc(OC)c(C)c2)C1=O. The predicted octanol–water partition coefficient (Wildman–Crippen LogP) is 2.11. The molecule has 3 amide bonds. The second kappa shape index (κ2) is 7.55. The van der Waals surface area contributed by atoms with E-state index < -0.39 is 23.4 Å². The van der Waals surface area contributed by atoms with Crippen LogP contribution < -0.4 is 10.1 Å². The first-order valence-corrected chi connectivity index (χ1v) is 8.34. The lowest BCUT2D eigenvalue weighted by molar-refractivity contribution is -0.147. The molecule has 0 bridgehead atoms. The highest BCUT2D eigenvalue weighted by Crippen LogP contribution is 2.34. The number of esters is 1. The van der Waals surface area contributed by atoms with Crippen LogP contribution in [-0.2, 0) is 19.9 Å². The van der Waals surface area contributed by atoms with E-state index in [-0.39, 0.29) is 13.2 Å². The molecule has 0 aromatic heterocycles. The van der Waals surface area contributed by atoms with E-state index in [0.717, 1.165) is 10.5 Å². The van der Waals surface area contributed by atoms with Crippen LogP contribution in [0.4, 0.5) is 4.79 Å². The van der Waals surface area contributed by atoms with Crippen LogP contribution in [0.3, 0.4) is 0 Å². The number of benzene rings is 1. The van der Waals surface area contributed by atoms with Crippen LogP contribution in [0.2, 0.25) is 0 Å². The molecule has 1 aliphatic heterocycles. The zero-order valence-corrected chi connectivity index (χ0v) is 15.0. The Morgan fingerprint density at radius 2 is 2.00 bits per heavy atom.